The summed E-state index contributed by atoms with van der Waals surface area (Å²) in [5, 5.41) is 0. The summed E-state index contributed by atoms with van der Waals surface area (Å²) in [4.78, 5) is 3.98. The molecule has 0 bridgehead atoms. The first-order valence-electron chi connectivity index (χ1n) is 4.67. The van der Waals surface area contributed by atoms with Crippen molar-refractivity contribution >= 4 is 15.7 Å². The molecule has 0 amide bonds. The van der Waals surface area contributed by atoms with Crippen molar-refractivity contribution in [2.24, 2.45) is 5.73 Å². The topological polar surface area (TPSA) is 85.1 Å². The minimum absolute atomic E-state index is 0.0465. The van der Waals surface area contributed by atoms with E-state index in [-0.39, 0.29) is 5.75 Å². The van der Waals surface area contributed by atoms with Crippen molar-refractivity contribution in [3.8, 4) is 0 Å². The Morgan fingerprint density at radius 2 is 2.27 bits per heavy atom. The van der Waals surface area contributed by atoms with Gasteiger partial charge in [-0.15, -0.1) is 0 Å². The van der Waals surface area contributed by atoms with E-state index in [0.29, 0.717) is 18.7 Å². The van der Waals surface area contributed by atoms with Gasteiger partial charge in [0.25, 0.3) is 0 Å². The third kappa shape index (κ3) is 4.26. The maximum Gasteiger partial charge on any atom is 0.232 e. The minimum atomic E-state index is -3.27. The van der Waals surface area contributed by atoms with Crippen LogP contribution < -0.4 is 10.5 Å². The lowest BCUT2D eigenvalue weighted by atomic mass is 10.3. The van der Waals surface area contributed by atoms with Crippen molar-refractivity contribution in [3.05, 3.63) is 24.0 Å². The lowest BCUT2D eigenvalue weighted by Crippen LogP contribution is -2.19. The van der Waals surface area contributed by atoms with Crippen LogP contribution in [0.4, 0.5) is 5.69 Å². The summed E-state index contributed by atoms with van der Waals surface area (Å²) in [6.45, 7) is 2.17. The molecule has 1 heterocycles. The molecule has 0 saturated carbocycles. The lowest BCUT2D eigenvalue weighted by Gasteiger charge is -2.07. The van der Waals surface area contributed by atoms with E-state index in [4.69, 9.17) is 5.73 Å². The largest absolute Gasteiger partial charge is 0.330 e. The van der Waals surface area contributed by atoms with E-state index in [1.54, 1.807) is 25.3 Å². The van der Waals surface area contributed by atoms with Crippen LogP contribution >= 0.6 is 0 Å². The summed E-state index contributed by atoms with van der Waals surface area (Å²) in [5.41, 5.74) is 6.56. The van der Waals surface area contributed by atoms with Crippen LogP contribution in [0.15, 0.2) is 18.3 Å². The molecule has 3 N–H and O–H groups in total. The van der Waals surface area contributed by atoms with E-state index in [9.17, 15) is 8.42 Å². The number of pyridine rings is 1. The summed E-state index contributed by atoms with van der Waals surface area (Å²) in [6.07, 6.45) is 2.02. The first-order chi connectivity index (χ1) is 7.03. The summed E-state index contributed by atoms with van der Waals surface area (Å²) in [7, 11) is -3.27. The first kappa shape index (κ1) is 11.9. The molecule has 0 aliphatic carbocycles. The Balaban J connectivity index is 2.69. The van der Waals surface area contributed by atoms with Crippen molar-refractivity contribution in [2.75, 3.05) is 17.0 Å². The highest BCUT2D eigenvalue weighted by molar-refractivity contribution is 7.92. The number of anilines is 1. The zero-order chi connectivity index (χ0) is 11.3. The second-order valence-corrected chi connectivity index (χ2v) is 5.09. The summed E-state index contributed by atoms with van der Waals surface area (Å²) in [6, 6.07) is 3.30. The highest BCUT2D eigenvalue weighted by atomic mass is 32.2. The molecule has 15 heavy (non-hydrogen) atoms. The Bertz CT molecular complexity index is 417. The van der Waals surface area contributed by atoms with Gasteiger partial charge in [0.2, 0.25) is 10.0 Å². The van der Waals surface area contributed by atoms with E-state index < -0.39 is 10.0 Å². The van der Waals surface area contributed by atoms with Crippen LogP contribution in [0.2, 0.25) is 0 Å². The molecular weight excluding hydrogens is 214 g/mol. The van der Waals surface area contributed by atoms with Gasteiger partial charge in [0.05, 0.1) is 11.4 Å². The smallest absolute Gasteiger partial charge is 0.232 e. The van der Waals surface area contributed by atoms with Crippen molar-refractivity contribution < 1.29 is 8.42 Å². The molecule has 5 nitrogen and oxygen atoms in total. The average Bonchev–Trinajstić information content (AvgIpc) is 2.14. The summed E-state index contributed by atoms with van der Waals surface area (Å²) in [5.74, 6) is 0.0465. The van der Waals surface area contributed by atoms with Crippen LogP contribution in [0.5, 0.6) is 0 Å². The Kier molecular flexibility index (Phi) is 4.05. The predicted octanol–water partition coefficient (Wildman–Crippen LogP) is 0.481. The third-order valence-electron chi connectivity index (χ3n) is 1.79. The van der Waals surface area contributed by atoms with E-state index >= 15 is 0 Å². The fraction of sp³-hybridized carbons (Fsp3) is 0.444. The predicted molar refractivity (Wildman–Crippen MR) is 60.1 cm³/mol. The fourth-order valence-electron chi connectivity index (χ4n) is 1.11. The van der Waals surface area contributed by atoms with Crippen LogP contribution in [0.25, 0.3) is 0 Å². The second kappa shape index (κ2) is 5.09. The van der Waals surface area contributed by atoms with Gasteiger partial charge in [-0.25, -0.2) is 8.42 Å². The maximum absolute atomic E-state index is 11.5. The molecule has 0 unspecified atom stereocenters. The second-order valence-electron chi connectivity index (χ2n) is 3.25. The van der Waals surface area contributed by atoms with Gasteiger partial charge in [0.15, 0.2) is 0 Å². The third-order valence-corrected chi connectivity index (χ3v) is 3.16. The molecule has 1 aromatic rings. The van der Waals surface area contributed by atoms with Gasteiger partial charge in [-0.05, 0) is 32.0 Å². The maximum atomic E-state index is 11.5. The molecule has 6 heteroatoms. The van der Waals surface area contributed by atoms with Gasteiger partial charge in [0.1, 0.15) is 0 Å². The number of rotatable bonds is 5. The number of nitrogens with zero attached hydrogens (tertiary/aromatic N) is 1. The minimum Gasteiger partial charge on any atom is -0.330 e. The SMILES string of the molecule is Cc1cc(NS(=O)(=O)CCCN)ccn1. The molecule has 84 valence electrons. The highest BCUT2D eigenvalue weighted by Gasteiger charge is 2.09. The molecule has 0 aliphatic rings. The van der Waals surface area contributed by atoms with Crippen molar-refractivity contribution in [2.45, 2.75) is 13.3 Å². The molecule has 0 radical (unpaired) electrons. The van der Waals surface area contributed by atoms with Crippen LogP contribution in [0, 0.1) is 6.92 Å². The van der Waals surface area contributed by atoms with Crippen molar-refractivity contribution in [3.63, 3.8) is 0 Å². The zero-order valence-electron chi connectivity index (χ0n) is 8.60. The highest BCUT2D eigenvalue weighted by Crippen LogP contribution is 2.09. The van der Waals surface area contributed by atoms with E-state index in [1.807, 2.05) is 0 Å². The molecule has 0 saturated heterocycles. The van der Waals surface area contributed by atoms with Crippen LogP contribution in [-0.2, 0) is 10.0 Å². The Morgan fingerprint density at radius 3 is 2.87 bits per heavy atom. The number of nitrogens with one attached hydrogen (secondary N) is 1. The fourth-order valence-corrected chi connectivity index (χ4v) is 2.25. The zero-order valence-corrected chi connectivity index (χ0v) is 9.42. The quantitative estimate of drug-likeness (QED) is 0.769. The average molecular weight is 229 g/mol. The van der Waals surface area contributed by atoms with E-state index in [1.165, 1.54) is 0 Å². The standard InChI is InChI=1S/C9H15N3O2S/c1-8-7-9(3-5-11-8)12-15(13,14)6-2-4-10/h3,5,7H,2,4,6,10H2,1H3,(H,11,12). The Hall–Kier alpha value is -1.14. The molecule has 0 atom stereocenters. The lowest BCUT2D eigenvalue weighted by molar-refractivity contribution is 0.599. The van der Waals surface area contributed by atoms with Gasteiger partial charge >= 0.3 is 0 Å². The normalized spacial score (nSPS) is 11.3. The Morgan fingerprint density at radius 1 is 1.53 bits per heavy atom. The number of nitrogens with two attached hydrogens (primary N) is 1. The first-order valence-corrected chi connectivity index (χ1v) is 6.32. The van der Waals surface area contributed by atoms with Crippen LogP contribution in [-0.4, -0.2) is 25.7 Å². The van der Waals surface area contributed by atoms with Gasteiger partial charge in [-0.1, -0.05) is 0 Å². The molecule has 0 aliphatic heterocycles. The summed E-state index contributed by atoms with van der Waals surface area (Å²) < 4.78 is 25.4. The van der Waals surface area contributed by atoms with Gasteiger partial charge in [-0.3, -0.25) is 9.71 Å². The number of hydrogen-bond acceptors (Lipinski definition) is 4. The van der Waals surface area contributed by atoms with E-state index in [0.717, 1.165) is 5.69 Å². The monoisotopic (exact) mass is 229 g/mol. The number of hydrogen-bond donors (Lipinski definition) is 2. The number of aromatic nitrogens is 1. The van der Waals surface area contributed by atoms with Crippen LogP contribution in [0.3, 0.4) is 0 Å². The molecule has 1 rings (SSSR count). The Labute approximate surface area is 89.8 Å². The molecule has 1 aromatic heterocycles. The molecule has 0 fully saturated rings. The summed E-state index contributed by atoms with van der Waals surface area (Å²) >= 11 is 0. The van der Waals surface area contributed by atoms with Crippen LogP contribution in [0.1, 0.15) is 12.1 Å². The van der Waals surface area contributed by atoms with E-state index in [2.05, 4.69) is 9.71 Å². The molecule has 0 spiro atoms. The number of aryl methyl sites for hydroxylation is 1. The number of sulfonamides is 1. The molecular formula is C9H15N3O2S. The van der Waals surface area contributed by atoms with Crippen molar-refractivity contribution in [1.29, 1.82) is 0 Å². The van der Waals surface area contributed by atoms with Gasteiger partial charge < -0.3 is 5.73 Å². The van der Waals surface area contributed by atoms with Gasteiger partial charge in [0, 0.05) is 11.9 Å². The van der Waals surface area contributed by atoms with Crippen molar-refractivity contribution in [1.82, 2.24) is 4.98 Å². The van der Waals surface area contributed by atoms with Gasteiger partial charge in [-0.2, -0.15) is 0 Å². The molecule has 0 aromatic carbocycles.